The lowest BCUT2D eigenvalue weighted by Crippen LogP contribution is -2.74. The molecule has 0 unspecified atom stereocenters. The number of aliphatic hydroxyl groups excluding tert-OH is 2. The molecular weight excluding hydrogens is 1010 g/mol. The minimum atomic E-state index is -2.17. The first-order valence-electron chi connectivity index (χ1n) is 26.1. The molecule has 0 spiro atoms. The van der Waals surface area contributed by atoms with Crippen LogP contribution in [0.2, 0.25) is 0 Å². The Labute approximate surface area is 452 Å². The summed E-state index contributed by atoms with van der Waals surface area (Å²) in [6.45, 7) is 25.8. The predicted octanol–water partition coefficient (Wildman–Crippen LogP) is 2.61. The Morgan fingerprint density at radius 2 is 1.17 bits per heavy atom. The Bertz CT molecular complexity index is 2090. The van der Waals surface area contributed by atoms with E-state index in [4.69, 9.17) is 42.6 Å². The number of ether oxygens (including phenoxy) is 9. The van der Waals surface area contributed by atoms with Crippen LogP contribution in [0.1, 0.15) is 130 Å². The lowest BCUT2D eigenvalue weighted by Gasteiger charge is -2.51. The second kappa shape index (κ2) is 25.0. The van der Waals surface area contributed by atoms with Crippen molar-refractivity contribution in [3.8, 4) is 0 Å². The molecule has 26 nitrogen and oxygen atoms in total. The summed E-state index contributed by atoms with van der Waals surface area (Å²) < 4.78 is 52.8. The number of nitrogens with one attached hydrogen (secondary N) is 5. The molecule has 9 N–H and O–H groups in total. The van der Waals surface area contributed by atoms with E-state index in [1.165, 1.54) is 14.0 Å². The minimum Gasteiger partial charge on any atom is -0.466 e. The van der Waals surface area contributed by atoms with Gasteiger partial charge in [0.15, 0.2) is 11.9 Å². The van der Waals surface area contributed by atoms with Crippen molar-refractivity contribution in [2.24, 2.45) is 0 Å². The second-order valence-corrected chi connectivity index (χ2v) is 25.3. The number of rotatable bonds is 15. The average molecular weight is 1100 g/mol. The van der Waals surface area contributed by atoms with Gasteiger partial charge in [0, 0.05) is 13.6 Å². The lowest BCUT2D eigenvalue weighted by atomic mass is 9.82. The maximum absolute atomic E-state index is 14.2. The van der Waals surface area contributed by atoms with Crippen LogP contribution >= 0.6 is 0 Å². The first kappa shape index (κ1) is 64.6. The van der Waals surface area contributed by atoms with Crippen molar-refractivity contribution < 1.29 is 91.8 Å². The van der Waals surface area contributed by atoms with Gasteiger partial charge in [0.2, 0.25) is 6.29 Å². The Balaban J connectivity index is 1.73. The summed E-state index contributed by atoms with van der Waals surface area (Å²) in [7, 11) is 1.31. The average Bonchev–Trinajstić information content (AvgIpc) is 3.21. The van der Waals surface area contributed by atoms with Gasteiger partial charge in [-0.15, -0.1) is 0 Å². The topological polar surface area (TPSA) is 333 Å². The molecule has 0 radical (unpaired) electrons. The Kier molecular flexibility index (Phi) is 21.0. The summed E-state index contributed by atoms with van der Waals surface area (Å²) in [6.07, 6.45) is -12.2. The van der Waals surface area contributed by atoms with Crippen LogP contribution in [-0.4, -0.2) is 213 Å². The van der Waals surface area contributed by atoms with E-state index in [1.54, 1.807) is 110 Å². The molecule has 2 saturated heterocycles. The van der Waals surface area contributed by atoms with Gasteiger partial charge in [-0.2, -0.15) is 0 Å². The highest BCUT2D eigenvalue weighted by Gasteiger charge is 2.57. The highest BCUT2D eigenvalue weighted by molar-refractivity contribution is 5.89. The number of likely N-dealkylation sites (tertiary alicyclic amines) is 1. The Morgan fingerprint density at radius 1 is 0.675 bits per heavy atom. The number of β-amino-alcohol motifs (C(OH)–C–C–N with tert-alkyl or cyclic N) is 1. The van der Waals surface area contributed by atoms with Gasteiger partial charge in [-0.3, -0.25) is 4.79 Å². The fourth-order valence-corrected chi connectivity index (χ4v) is 8.66. The third-order valence-electron chi connectivity index (χ3n) is 11.8. The van der Waals surface area contributed by atoms with E-state index >= 15 is 0 Å². The third kappa shape index (κ3) is 20.0. The van der Waals surface area contributed by atoms with E-state index in [-0.39, 0.29) is 19.4 Å². The Morgan fingerprint density at radius 3 is 1.70 bits per heavy atom. The molecule has 442 valence electrons. The summed E-state index contributed by atoms with van der Waals surface area (Å²) in [4.78, 5) is 81.8. The van der Waals surface area contributed by atoms with Crippen LogP contribution in [0.25, 0.3) is 0 Å². The van der Waals surface area contributed by atoms with Gasteiger partial charge in [0.25, 0.3) is 5.91 Å². The van der Waals surface area contributed by atoms with Gasteiger partial charge in [0.05, 0.1) is 50.4 Å². The minimum absolute atomic E-state index is 0.111. The smallest absolute Gasteiger partial charge is 0.410 e. The van der Waals surface area contributed by atoms with Crippen molar-refractivity contribution in [1.29, 1.82) is 0 Å². The SMILES string of the molecule is CN(C(=O)OC(C)(C)C)[C@@H]1[C@@H](O)[C@@H](O[C@@H]2[C@@H](O)[C@H](O[C@H]3OC(CNCCCNC(=O)OC(C)(C)C)=CC[C@H]3NC(=O)OC(C)(C)C)[C@@H](NC(=O)OC(C)(C)C)C[C@H]2NC(=O)C2(O)CN(C(=O)OC(C)(C)C)C2)OC[C@]1(C)O. The highest BCUT2D eigenvalue weighted by atomic mass is 16.7. The molecular formula is C51H89N7O19. The van der Waals surface area contributed by atoms with Crippen LogP contribution in [0.3, 0.4) is 0 Å². The molecule has 0 aromatic heterocycles. The fraction of sp³-hybridized carbons (Fsp3) is 0.843. The van der Waals surface area contributed by atoms with E-state index in [0.717, 1.165) is 9.80 Å². The van der Waals surface area contributed by atoms with Gasteiger partial charge < -0.3 is 99.4 Å². The number of alkyl carbamates (subject to hydrolysis) is 3. The summed E-state index contributed by atoms with van der Waals surface area (Å²) in [5.74, 6) is -0.647. The van der Waals surface area contributed by atoms with Gasteiger partial charge in [-0.05, 0) is 143 Å². The number of carbonyl (C=O) groups excluding carboxylic acids is 6. The summed E-state index contributed by atoms with van der Waals surface area (Å²) >= 11 is 0. The summed E-state index contributed by atoms with van der Waals surface area (Å²) in [6, 6.07) is -5.11. The van der Waals surface area contributed by atoms with Crippen LogP contribution in [-0.2, 0) is 47.4 Å². The van der Waals surface area contributed by atoms with Crippen molar-refractivity contribution in [1.82, 2.24) is 36.4 Å². The van der Waals surface area contributed by atoms with Crippen LogP contribution in [0.5, 0.6) is 0 Å². The number of carbonyl (C=O) groups is 6. The number of likely N-dealkylation sites (N-methyl/N-ethyl adjacent to an activating group) is 1. The van der Waals surface area contributed by atoms with Crippen molar-refractivity contribution in [2.75, 3.05) is 46.4 Å². The molecule has 0 bridgehead atoms. The maximum Gasteiger partial charge on any atom is 0.410 e. The van der Waals surface area contributed by atoms with Crippen LogP contribution in [0, 0.1) is 0 Å². The van der Waals surface area contributed by atoms with Gasteiger partial charge in [0.1, 0.15) is 63.8 Å². The van der Waals surface area contributed by atoms with E-state index in [9.17, 15) is 49.2 Å². The monoisotopic (exact) mass is 1100 g/mol. The standard InChI is InChI=1S/C51H89N7O19/c1-45(2,3)73-40(62)53-22-18-21-52-24-28-19-20-29(55-41(63)74-46(4,5)6)37(70-28)71-35-31(56-42(64)75-47(7,8)9)23-30(54-39(61)51(68)25-58(26-51)44(66)77-49(13,14)15)34(32(35)59)72-38-33(60)36(50(16,67)27-69-38)57(17)43(65)76-48(10,11)12/h19,29-38,52,59-60,67-68H,18,20-27H2,1-17H3,(H,53,62)(H,54,61)(H,55,63)(H,56,64)/t29-,30-,31+,32-,33-,34+,35-,36-,37-,38-,50+/m1/s1. The van der Waals surface area contributed by atoms with Crippen LogP contribution < -0.4 is 26.6 Å². The number of aliphatic hydroxyl groups is 4. The van der Waals surface area contributed by atoms with Crippen molar-refractivity contribution in [3.63, 3.8) is 0 Å². The molecule has 6 amide bonds. The maximum atomic E-state index is 14.2. The zero-order chi connectivity index (χ0) is 58.4. The molecule has 4 aliphatic rings. The number of hydrogen-bond acceptors (Lipinski definition) is 20. The molecule has 1 aliphatic carbocycles. The van der Waals surface area contributed by atoms with Crippen molar-refractivity contribution >= 4 is 36.4 Å². The van der Waals surface area contributed by atoms with Crippen LogP contribution in [0.15, 0.2) is 11.8 Å². The van der Waals surface area contributed by atoms with Gasteiger partial charge in [-0.25, -0.2) is 24.0 Å². The molecule has 11 atom stereocenters. The first-order chi connectivity index (χ1) is 35.0. The molecule has 3 aliphatic heterocycles. The van der Waals surface area contributed by atoms with Crippen molar-refractivity contribution in [2.45, 2.75) is 230 Å². The Hall–Kier alpha value is -4.96. The predicted molar refractivity (Wildman–Crippen MR) is 275 cm³/mol. The number of hydrogen-bond donors (Lipinski definition) is 9. The molecule has 26 heteroatoms. The number of nitrogens with zero attached hydrogens (tertiary/aromatic N) is 2. The molecule has 3 fully saturated rings. The molecule has 0 aromatic carbocycles. The third-order valence-corrected chi connectivity index (χ3v) is 11.8. The molecule has 4 rings (SSSR count). The molecule has 0 aromatic rings. The van der Waals surface area contributed by atoms with E-state index < -0.39 is 156 Å². The molecule has 1 saturated carbocycles. The highest BCUT2D eigenvalue weighted by Crippen LogP contribution is 2.36. The largest absolute Gasteiger partial charge is 0.466 e. The molecule has 77 heavy (non-hydrogen) atoms. The van der Waals surface area contributed by atoms with Gasteiger partial charge >= 0.3 is 30.5 Å². The zero-order valence-electron chi connectivity index (χ0n) is 48.0. The fourth-order valence-electron chi connectivity index (χ4n) is 8.66. The molecule has 3 heterocycles. The normalized spacial score (nSPS) is 28.7. The lowest BCUT2D eigenvalue weighted by molar-refractivity contribution is -0.311. The van der Waals surface area contributed by atoms with Crippen LogP contribution in [0.4, 0.5) is 24.0 Å². The quantitative estimate of drug-likeness (QED) is 0.0841. The van der Waals surface area contributed by atoms with E-state index in [0.29, 0.717) is 25.3 Å². The van der Waals surface area contributed by atoms with E-state index in [2.05, 4.69) is 26.6 Å². The summed E-state index contributed by atoms with van der Waals surface area (Å²) in [5.41, 5.74) is -8.50. The second-order valence-electron chi connectivity index (χ2n) is 25.3. The van der Waals surface area contributed by atoms with E-state index in [1.807, 2.05) is 0 Å². The number of amides is 6. The summed E-state index contributed by atoms with van der Waals surface area (Å²) in [5, 5.41) is 62.0. The first-order valence-corrected chi connectivity index (χ1v) is 26.1. The zero-order valence-corrected chi connectivity index (χ0v) is 48.0. The van der Waals surface area contributed by atoms with Crippen molar-refractivity contribution in [3.05, 3.63) is 11.8 Å². The van der Waals surface area contributed by atoms with Gasteiger partial charge in [-0.1, -0.05) is 0 Å².